The molecule has 11 heteroatoms. The number of carbonyl (C=O) groups is 1. The molecular formula is C28H27F3N2O5S. The van der Waals surface area contributed by atoms with E-state index >= 15 is 0 Å². The molecule has 0 radical (unpaired) electrons. The minimum atomic E-state index is -4.42. The zero-order valence-corrected chi connectivity index (χ0v) is 22.3. The van der Waals surface area contributed by atoms with Crippen molar-refractivity contribution in [3.05, 3.63) is 82.9 Å². The number of hydrogen-bond acceptors (Lipinski definition) is 6. The van der Waals surface area contributed by atoms with Gasteiger partial charge in [0, 0.05) is 12.2 Å². The van der Waals surface area contributed by atoms with E-state index < -0.39 is 17.7 Å². The second kappa shape index (κ2) is 11.8. The summed E-state index contributed by atoms with van der Waals surface area (Å²) in [5.41, 5.74) is 2.05. The number of nitrogens with zero attached hydrogens (tertiary/aromatic N) is 1. The first kappa shape index (κ1) is 28.0. The lowest BCUT2D eigenvalue weighted by atomic mass is 9.92. The molecule has 0 fully saturated rings. The largest absolute Gasteiger partial charge is 0.493 e. The maximum atomic E-state index is 13.0. The molecule has 0 amide bonds. The Balaban J connectivity index is 1.60. The van der Waals surface area contributed by atoms with Gasteiger partial charge in [0.25, 0.3) is 0 Å². The minimum absolute atomic E-state index is 0.189. The lowest BCUT2D eigenvalue weighted by Crippen LogP contribution is -2.44. The second-order valence-corrected chi connectivity index (χ2v) is 9.08. The van der Waals surface area contributed by atoms with Gasteiger partial charge in [0.2, 0.25) is 0 Å². The molecule has 0 unspecified atom stereocenters. The Morgan fingerprint density at radius 1 is 1.00 bits per heavy atom. The summed E-state index contributed by atoms with van der Waals surface area (Å²) in [6.07, 6.45) is -3.78. The van der Waals surface area contributed by atoms with E-state index in [9.17, 15) is 18.0 Å². The highest BCUT2D eigenvalue weighted by Gasteiger charge is 2.32. The second-order valence-electron chi connectivity index (χ2n) is 8.70. The Labute approximate surface area is 229 Å². The lowest BCUT2D eigenvalue weighted by molar-refractivity contribution is -0.137. The van der Waals surface area contributed by atoms with Crippen molar-refractivity contribution in [1.82, 2.24) is 4.90 Å². The summed E-state index contributed by atoms with van der Waals surface area (Å²) in [4.78, 5) is 13.7. The van der Waals surface area contributed by atoms with Crippen LogP contribution in [0.3, 0.4) is 0 Å². The third kappa shape index (κ3) is 6.36. The zero-order valence-electron chi connectivity index (χ0n) is 21.5. The number of rotatable bonds is 7. The smallest absolute Gasteiger partial charge is 0.416 e. The Kier molecular flexibility index (Phi) is 8.49. The topological polar surface area (TPSA) is 69.3 Å². The van der Waals surface area contributed by atoms with Gasteiger partial charge in [-0.3, -0.25) is 0 Å². The van der Waals surface area contributed by atoms with Crippen molar-refractivity contribution >= 4 is 29.0 Å². The van der Waals surface area contributed by atoms with Gasteiger partial charge in [-0.25, -0.2) is 4.79 Å². The monoisotopic (exact) mass is 560 g/mol. The van der Waals surface area contributed by atoms with E-state index in [2.05, 4.69) is 5.32 Å². The fourth-order valence-electron chi connectivity index (χ4n) is 4.37. The van der Waals surface area contributed by atoms with Crippen molar-refractivity contribution in [3.8, 4) is 17.2 Å². The molecule has 1 atom stereocenters. The summed E-state index contributed by atoms with van der Waals surface area (Å²) < 4.78 is 60.8. The van der Waals surface area contributed by atoms with Gasteiger partial charge in [0.15, 0.2) is 16.6 Å². The number of fused-ring (bicyclic) bond motifs is 1. The van der Waals surface area contributed by atoms with E-state index in [1.54, 1.807) is 38.5 Å². The van der Waals surface area contributed by atoms with Gasteiger partial charge < -0.3 is 29.2 Å². The number of methoxy groups -OCH3 is 3. The predicted octanol–water partition coefficient (Wildman–Crippen LogP) is 5.88. The Morgan fingerprint density at radius 3 is 2.23 bits per heavy atom. The van der Waals surface area contributed by atoms with Crippen LogP contribution in [-0.4, -0.2) is 50.5 Å². The summed E-state index contributed by atoms with van der Waals surface area (Å²) in [6, 6.07) is 14.7. The molecular weight excluding hydrogens is 533 g/mol. The maximum absolute atomic E-state index is 13.0. The molecule has 206 valence electrons. The summed E-state index contributed by atoms with van der Waals surface area (Å²) in [5.74, 6) is 1.24. The average Bonchev–Trinajstić information content (AvgIpc) is 2.94. The molecule has 1 aliphatic rings. The summed E-state index contributed by atoms with van der Waals surface area (Å²) in [6.45, 7) is 0.721. The molecule has 0 aliphatic carbocycles. The first-order chi connectivity index (χ1) is 18.6. The first-order valence-electron chi connectivity index (χ1n) is 12.0. The molecule has 0 saturated heterocycles. The van der Waals surface area contributed by atoms with Crippen molar-refractivity contribution in [1.29, 1.82) is 0 Å². The van der Waals surface area contributed by atoms with Crippen LogP contribution in [0.1, 0.15) is 33.1 Å². The highest BCUT2D eigenvalue weighted by Crippen LogP contribution is 2.39. The van der Waals surface area contributed by atoms with Crippen molar-refractivity contribution in [2.24, 2.45) is 0 Å². The van der Waals surface area contributed by atoms with Crippen molar-refractivity contribution in [3.63, 3.8) is 0 Å². The molecule has 0 saturated carbocycles. The molecule has 0 spiro atoms. The number of thiocarbonyl (C=S) groups is 1. The van der Waals surface area contributed by atoms with Gasteiger partial charge in [-0.15, -0.1) is 0 Å². The summed E-state index contributed by atoms with van der Waals surface area (Å²) >= 11 is 5.70. The normalized spacial score (nSPS) is 14.7. The van der Waals surface area contributed by atoms with Gasteiger partial charge in [-0.1, -0.05) is 0 Å². The quantitative estimate of drug-likeness (QED) is 0.284. The fraction of sp³-hybridized carbons (Fsp3) is 0.286. The molecule has 3 aromatic carbocycles. The van der Waals surface area contributed by atoms with Crippen LogP contribution >= 0.6 is 12.2 Å². The molecule has 4 rings (SSSR count). The van der Waals surface area contributed by atoms with Crippen LogP contribution in [0.2, 0.25) is 0 Å². The Morgan fingerprint density at radius 2 is 1.64 bits per heavy atom. The van der Waals surface area contributed by atoms with Gasteiger partial charge in [-0.2, -0.15) is 13.2 Å². The van der Waals surface area contributed by atoms with Crippen LogP contribution in [0.25, 0.3) is 0 Å². The van der Waals surface area contributed by atoms with E-state index in [1.807, 2.05) is 17.0 Å². The summed E-state index contributed by atoms with van der Waals surface area (Å²) in [7, 11) is 4.43. The van der Waals surface area contributed by atoms with Crippen LogP contribution in [0.15, 0.2) is 60.7 Å². The van der Waals surface area contributed by atoms with Crippen molar-refractivity contribution in [2.45, 2.75) is 18.6 Å². The molecule has 1 heterocycles. The number of ether oxygens (including phenoxy) is 4. The Bertz CT molecular complexity index is 1330. The number of alkyl halides is 3. The fourth-order valence-corrected chi connectivity index (χ4v) is 4.71. The number of nitrogens with one attached hydrogen (secondary N) is 1. The first-order valence-corrected chi connectivity index (χ1v) is 12.4. The van der Waals surface area contributed by atoms with Gasteiger partial charge in [-0.05, 0) is 90.4 Å². The summed E-state index contributed by atoms with van der Waals surface area (Å²) in [5, 5.41) is 3.39. The molecule has 3 aromatic rings. The number of benzene rings is 3. The third-order valence-electron chi connectivity index (χ3n) is 6.41. The molecule has 1 aliphatic heterocycles. The molecule has 0 bridgehead atoms. The number of hydrogen-bond donors (Lipinski definition) is 1. The predicted molar refractivity (Wildman–Crippen MR) is 144 cm³/mol. The van der Waals surface area contributed by atoms with Crippen LogP contribution < -0.4 is 19.5 Å². The lowest BCUT2D eigenvalue weighted by Gasteiger charge is -2.39. The van der Waals surface area contributed by atoms with Crippen LogP contribution in [0.4, 0.5) is 18.9 Å². The van der Waals surface area contributed by atoms with E-state index in [0.717, 1.165) is 23.3 Å². The maximum Gasteiger partial charge on any atom is 0.416 e. The average molecular weight is 561 g/mol. The van der Waals surface area contributed by atoms with E-state index in [-0.39, 0.29) is 12.6 Å². The zero-order chi connectivity index (χ0) is 28.2. The van der Waals surface area contributed by atoms with Gasteiger partial charge in [0.05, 0.1) is 38.5 Å². The van der Waals surface area contributed by atoms with E-state index in [4.69, 9.17) is 31.2 Å². The number of carbonyl (C=O) groups excluding carboxylic acids is 1. The SMILES string of the molecule is COC(=O)c1ccc(OC[C@@H]2c3cc(OC)c(OC)cc3CCN2C(=S)Nc2ccc(C(F)(F)F)cc2)cc1. The van der Waals surface area contributed by atoms with Crippen LogP contribution in [-0.2, 0) is 17.3 Å². The highest BCUT2D eigenvalue weighted by molar-refractivity contribution is 7.80. The highest BCUT2D eigenvalue weighted by atomic mass is 32.1. The van der Waals surface area contributed by atoms with E-state index in [1.165, 1.54) is 19.2 Å². The van der Waals surface area contributed by atoms with Crippen LogP contribution in [0.5, 0.6) is 17.2 Å². The molecule has 7 nitrogen and oxygen atoms in total. The minimum Gasteiger partial charge on any atom is -0.493 e. The van der Waals surface area contributed by atoms with E-state index in [0.29, 0.717) is 46.6 Å². The van der Waals surface area contributed by atoms with Crippen LogP contribution in [0, 0.1) is 0 Å². The Hall–Kier alpha value is -3.99. The van der Waals surface area contributed by atoms with Gasteiger partial charge >= 0.3 is 12.1 Å². The molecule has 0 aromatic heterocycles. The van der Waals surface area contributed by atoms with Crippen molar-refractivity contribution in [2.75, 3.05) is 39.8 Å². The third-order valence-corrected chi connectivity index (χ3v) is 6.75. The number of esters is 1. The standard InChI is InChI=1S/C28H27F3N2O5S/c1-35-24-14-18-12-13-33(27(39)32-20-8-6-19(7-9-20)28(29,30)31)23(22(18)15-25(24)36-2)16-38-21-10-4-17(5-11-21)26(34)37-3/h4-11,14-15,23H,12-13,16H2,1-3H3,(H,32,39)/t23-/m1/s1. The van der Waals surface area contributed by atoms with Gasteiger partial charge in [0.1, 0.15) is 12.4 Å². The number of halogens is 3. The van der Waals surface area contributed by atoms with Crippen molar-refractivity contribution < 1.29 is 36.9 Å². The molecule has 39 heavy (non-hydrogen) atoms. The number of anilines is 1. The molecule has 1 N–H and O–H groups in total.